The number of hydrogen-bond acceptors (Lipinski definition) is 2. The normalized spacial score (nSPS) is 13.0. The molecule has 1 aromatic rings. The average Bonchev–Trinajstić information content (AvgIpc) is 2.89. The zero-order valence-electron chi connectivity index (χ0n) is 12.4. The molecule has 0 unspecified atom stereocenters. The van der Waals surface area contributed by atoms with Crippen LogP contribution in [0.15, 0.2) is 18.2 Å². The molecule has 4 heteroatoms. The summed E-state index contributed by atoms with van der Waals surface area (Å²) in [5.41, 5.74) is 3.91. The molecule has 0 atom stereocenters. The second-order valence-electron chi connectivity index (χ2n) is 5.69. The van der Waals surface area contributed by atoms with E-state index in [1.54, 1.807) is 0 Å². The van der Waals surface area contributed by atoms with Gasteiger partial charge in [0.1, 0.15) is 0 Å². The number of carboxylic acids is 1. The van der Waals surface area contributed by atoms with Gasteiger partial charge in [0.25, 0.3) is 0 Å². The van der Waals surface area contributed by atoms with E-state index in [-0.39, 0.29) is 12.3 Å². The molecule has 1 aromatic carbocycles. The lowest BCUT2D eigenvalue weighted by atomic mass is 10.0. The van der Waals surface area contributed by atoms with Gasteiger partial charge in [-0.3, -0.25) is 9.59 Å². The van der Waals surface area contributed by atoms with Gasteiger partial charge in [0.2, 0.25) is 5.91 Å². The summed E-state index contributed by atoms with van der Waals surface area (Å²) in [5.74, 6) is -0.707. The van der Waals surface area contributed by atoms with Gasteiger partial charge < -0.3 is 10.4 Å². The summed E-state index contributed by atoms with van der Waals surface area (Å²) in [6.07, 6.45) is 6.52. The predicted molar refractivity (Wildman–Crippen MR) is 81.3 cm³/mol. The van der Waals surface area contributed by atoms with Crippen molar-refractivity contribution < 1.29 is 14.7 Å². The van der Waals surface area contributed by atoms with Gasteiger partial charge in [-0.15, -0.1) is 0 Å². The Hall–Kier alpha value is -1.84. The van der Waals surface area contributed by atoms with Gasteiger partial charge in [0.05, 0.1) is 6.42 Å². The second kappa shape index (κ2) is 7.81. The third-order valence-corrected chi connectivity index (χ3v) is 3.92. The molecule has 1 aliphatic carbocycles. The summed E-state index contributed by atoms with van der Waals surface area (Å²) in [7, 11) is 0. The van der Waals surface area contributed by atoms with Crippen molar-refractivity contribution in [3.63, 3.8) is 0 Å². The summed E-state index contributed by atoms with van der Waals surface area (Å²) in [6, 6.07) is 6.36. The van der Waals surface area contributed by atoms with Crippen LogP contribution >= 0.6 is 0 Å². The van der Waals surface area contributed by atoms with Crippen molar-refractivity contribution in [1.29, 1.82) is 0 Å². The van der Waals surface area contributed by atoms with Crippen LogP contribution in [0.5, 0.6) is 0 Å². The number of hydrogen-bond donors (Lipinski definition) is 2. The lowest BCUT2D eigenvalue weighted by Gasteiger charge is -2.07. The Morgan fingerprint density at radius 2 is 1.90 bits per heavy atom. The minimum Gasteiger partial charge on any atom is -0.481 e. The molecule has 4 nitrogen and oxygen atoms in total. The summed E-state index contributed by atoms with van der Waals surface area (Å²) < 4.78 is 0. The van der Waals surface area contributed by atoms with Crippen LogP contribution in [0.4, 0.5) is 0 Å². The van der Waals surface area contributed by atoms with Gasteiger partial charge in [-0.05, 0) is 48.8 Å². The van der Waals surface area contributed by atoms with Crippen LogP contribution in [0.3, 0.4) is 0 Å². The maximum absolute atomic E-state index is 11.8. The first-order chi connectivity index (χ1) is 10.1. The summed E-state index contributed by atoms with van der Waals surface area (Å²) in [5, 5.41) is 11.4. The van der Waals surface area contributed by atoms with E-state index >= 15 is 0 Å². The van der Waals surface area contributed by atoms with Crippen molar-refractivity contribution in [1.82, 2.24) is 5.32 Å². The molecule has 1 amide bonds. The van der Waals surface area contributed by atoms with Gasteiger partial charge in [-0.25, -0.2) is 0 Å². The molecule has 114 valence electrons. The molecule has 0 fully saturated rings. The van der Waals surface area contributed by atoms with Crippen molar-refractivity contribution in [3.8, 4) is 0 Å². The van der Waals surface area contributed by atoms with E-state index in [1.807, 2.05) is 0 Å². The maximum Gasteiger partial charge on any atom is 0.303 e. The zero-order chi connectivity index (χ0) is 15.1. The molecule has 0 spiro atoms. The van der Waals surface area contributed by atoms with Crippen molar-refractivity contribution in [2.45, 2.75) is 51.4 Å². The fourth-order valence-electron chi connectivity index (χ4n) is 2.79. The topological polar surface area (TPSA) is 66.4 Å². The Morgan fingerprint density at radius 3 is 2.71 bits per heavy atom. The standard InChI is InChI=1S/C17H23NO3/c19-16(18-10-3-1-2-7-17(20)21)12-13-8-9-14-5-4-6-15(14)11-13/h8-9,11H,1-7,10,12H2,(H,18,19)(H,20,21). The Bertz CT molecular complexity index is 511. The number of nitrogens with one attached hydrogen (secondary N) is 1. The highest BCUT2D eigenvalue weighted by Gasteiger charge is 2.12. The van der Waals surface area contributed by atoms with E-state index in [0.29, 0.717) is 19.4 Å². The van der Waals surface area contributed by atoms with Crippen LogP contribution in [0.2, 0.25) is 0 Å². The molecular weight excluding hydrogens is 266 g/mol. The minimum absolute atomic E-state index is 0.0474. The van der Waals surface area contributed by atoms with Crippen LogP contribution in [0.25, 0.3) is 0 Å². The van der Waals surface area contributed by atoms with Crippen LogP contribution < -0.4 is 5.32 Å². The third kappa shape index (κ3) is 5.21. The summed E-state index contributed by atoms with van der Waals surface area (Å²) in [6.45, 7) is 0.628. The largest absolute Gasteiger partial charge is 0.481 e. The second-order valence-corrected chi connectivity index (χ2v) is 5.69. The third-order valence-electron chi connectivity index (χ3n) is 3.92. The smallest absolute Gasteiger partial charge is 0.303 e. The molecule has 0 saturated heterocycles. The number of unbranched alkanes of at least 4 members (excludes halogenated alkanes) is 2. The molecule has 0 radical (unpaired) electrons. The number of fused-ring (bicyclic) bond motifs is 1. The molecule has 0 aromatic heterocycles. The van der Waals surface area contributed by atoms with Crippen LogP contribution in [-0.4, -0.2) is 23.5 Å². The first kappa shape index (κ1) is 15.5. The number of carboxylic acid groups (broad SMARTS) is 1. The number of aryl methyl sites for hydroxylation is 2. The molecule has 0 bridgehead atoms. The first-order valence-corrected chi connectivity index (χ1v) is 7.74. The van der Waals surface area contributed by atoms with Crippen molar-refractivity contribution in [2.75, 3.05) is 6.54 Å². The number of carbonyl (C=O) groups excluding carboxylic acids is 1. The van der Waals surface area contributed by atoms with Crippen molar-refractivity contribution in [2.24, 2.45) is 0 Å². The van der Waals surface area contributed by atoms with Gasteiger partial charge in [-0.2, -0.15) is 0 Å². The number of rotatable bonds is 8. The van der Waals surface area contributed by atoms with Gasteiger partial charge >= 0.3 is 5.97 Å². The molecule has 21 heavy (non-hydrogen) atoms. The average molecular weight is 289 g/mol. The molecule has 0 heterocycles. The van der Waals surface area contributed by atoms with E-state index in [1.165, 1.54) is 17.5 Å². The lowest BCUT2D eigenvalue weighted by Crippen LogP contribution is -2.26. The predicted octanol–water partition coefficient (Wildman–Crippen LogP) is 2.48. The van der Waals surface area contributed by atoms with Crippen molar-refractivity contribution >= 4 is 11.9 Å². The number of aliphatic carboxylic acids is 1. The molecular formula is C17H23NO3. The molecule has 2 N–H and O–H groups in total. The Morgan fingerprint density at radius 1 is 1.10 bits per heavy atom. The number of carbonyl (C=O) groups is 2. The van der Waals surface area contributed by atoms with E-state index in [4.69, 9.17) is 5.11 Å². The zero-order valence-corrected chi connectivity index (χ0v) is 12.4. The first-order valence-electron chi connectivity index (χ1n) is 7.74. The maximum atomic E-state index is 11.8. The van der Waals surface area contributed by atoms with Crippen molar-refractivity contribution in [3.05, 3.63) is 34.9 Å². The quantitative estimate of drug-likeness (QED) is 0.723. The Kier molecular flexibility index (Phi) is 5.78. The van der Waals surface area contributed by atoms with E-state index in [2.05, 4.69) is 23.5 Å². The highest BCUT2D eigenvalue weighted by Crippen LogP contribution is 2.22. The Labute approximate surface area is 125 Å². The summed E-state index contributed by atoms with van der Waals surface area (Å²) in [4.78, 5) is 22.2. The molecule has 2 rings (SSSR count). The molecule has 0 aliphatic heterocycles. The van der Waals surface area contributed by atoms with E-state index in [0.717, 1.165) is 31.2 Å². The van der Waals surface area contributed by atoms with Gasteiger partial charge in [0.15, 0.2) is 0 Å². The summed E-state index contributed by atoms with van der Waals surface area (Å²) >= 11 is 0. The van der Waals surface area contributed by atoms with Crippen LogP contribution in [0, 0.1) is 0 Å². The minimum atomic E-state index is -0.754. The molecule has 0 saturated carbocycles. The monoisotopic (exact) mass is 289 g/mol. The van der Waals surface area contributed by atoms with Crippen LogP contribution in [-0.2, 0) is 28.9 Å². The van der Waals surface area contributed by atoms with E-state index < -0.39 is 5.97 Å². The van der Waals surface area contributed by atoms with Crippen LogP contribution in [0.1, 0.15) is 48.8 Å². The highest BCUT2D eigenvalue weighted by atomic mass is 16.4. The SMILES string of the molecule is O=C(O)CCCCCNC(=O)Cc1ccc2c(c1)CCC2. The van der Waals surface area contributed by atoms with E-state index in [9.17, 15) is 9.59 Å². The lowest BCUT2D eigenvalue weighted by molar-refractivity contribution is -0.137. The van der Waals surface area contributed by atoms with Gasteiger partial charge in [-0.1, -0.05) is 24.6 Å². The molecule has 1 aliphatic rings. The number of benzene rings is 1. The Balaban J connectivity index is 1.64. The van der Waals surface area contributed by atoms with Gasteiger partial charge in [0, 0.05) is 13.0 Å². The fraction of sp³-hybridized carbons (Fsp3) is 0.529. The highest BCUT2D eigenvalue weighted by molar-refractivity contribution is 5.78. The number of amides is 1. The fourth-order valence-corrected chi connectivity index (χ4v) is 2.79.